The Kier molecular flexibility index (Phi) is 6.56. The van der Waals surface area contributed by atoms with E-state index in [1.807, 2.05) is 85.1 Å². The Hall–Kier alpha value is -4.53. The van der Waals surface area contributed by atoms with E-state index < -0.39 is 12.1 Å². The number of para-hydroxylation sites is 1. The zero-order chi connectivity index (χ0) is 26.9. The quantitative estimate of drug-likeness (QED) is 0.214. The fourth-order valence-electron chi connectivity index (χ4n) is 4.94. The van der Waals surface area contributed by atoms with Crippen molar-refractivity contribution in [2.75, 3.05) is 10.6 Å². The van der Waals surface area contributed by atoms with Crippen LogP contribution in [0.25, 0.3) is 10.1 Å². The van der Waals surface area contributed by atoms with Crippen molar-refractivity contribution in [2.45, 2.75) is 25.5 Å². The van der Waals surface area contributed by atoms with Gasteiger partial charge in [-0.25, -0.2) is 4.98 Å². The Morgan fingerprint density at radius 1 is 0.949 bits per heavy atom. The summed E-state index contributed by atoms with van der Waals surface area (Å²) in [5.41, 5.74) is 4.97. The van der Waals surface area contributed by atoms with Gasteiger partial charge < -0.3 is 21.1 Å². The van der Waals surface area contributed by atoms with Crippen molar-refractivity contribution in [3.05, 3.63) is 118 Å². The number of fused-ring (bicyclic) bond motifs is 2. The summed E-state index contributed by atoms with van der Waals surface area (Å²) < 4.78 is 1.02. The second-order valence-electron chi connectivity index (χ2n) is 9.58. The van der Waals surface area contributed by atoms with Crippen molar-refractivity contribution < 1.29 is 14.7 Å². The highest BCUT2D eigenvalue weighted by molar-refractivity contribution is 7.17. The number of hydrogen-bond acceptors (Lipinski definition) is 6. The average molecular weight is 535 g/mol. The fraction of sp³-hybridized carbons (Fsp3) is 0.129. The first-order valence-corrected chi connectivity index (χ1v) is 13.5. The summed E-state index contributed by atoms with van der Waals surface area (Å²) in [4.78, 5) is 31.3. The summed E-state index contributed by atoms with van der Waals surface area (Å²) in [7, 11) is 0. The third-order valence-electron chi connectivity index (χ3n) is 7.01. The molecule has 194 valence electrons. The Morgan fingerprint density at radius 3 is 2.59 bits per heavy atom. The number of pyridine rings is 1. The largest absolute Gasteiger partial charge is 0.390 e. The molecule has 3 aromatic carbocycles. The van der Waals surface area contributed by atoms with Crippen LogP contribution in [-0.2, 0) is 6.42 Å². The van der Waals surface area contributed by atoms with E-state index in [2.05, 4.69) is 20.9 Å². The van der Waals surface area contributed by atoms with Crippen LogP contribution in [0.4, 0.5) is 17.2 Å². The van der Waals surface area contributed by atoms with Gasteiger partial charge in [-0.15, -0.1) is 11.3 Å². The summed E-state index contributed by atoms with van der Waals surface area (Å²) in [6.45, 7) is 1.98. The number of aliphatic hydroxyl groups excluding tert-OH is 1. The van der Waals surface area contributed by atoms with E-state index >= 15 is 0 Å². The van der Waals surface area contributed by atoms with Crippen molar-refractivity contribution >= 4 is 50.4 Å². The molecule has 0 saturated carbocycles. The van der Waals surface area contributed by atoms with Gasteiger partial charge in [0.2, 0.25) is 0 Å². The second-order valence-corrected chi connectivity index (χ2v) is 10.5. The zero-order valence-electron chi connectivity index (χ0n) is 21.1. The number of thiophene rings is 1. The predicted octanol–water partition coefficient (Wildman–Crippen LogP) is 5.99. The van der Waals surface area contributed by atoms with Crippen molar-refractivity contribution in [1.82, 2.24) is 10.3 Å². The van der Waals surface area contributed by atoms with Gasteiger partial charge >= 0.3 is 0 Å². The predicted molar refractivity (Wildman–Crippen MR) is 155 cm³/mol. The lowest BCUT2D eigenvalue weighted by Gasteiger charge is -2.19. The number of aromatic nitrogens is 1. The number of carbonyl (C=O) groups excluding carboxylic acids is 2. The minimum Gasteiger partial charge on any atom is -0.390 e. The summed E-state index contributed by atoms with van der Waals surface area (Å²) in [6.07, 6.45) is 1.24. The SMILES string of the molecule is Cc1ccccc1Nc1ncc(C(=O)N[C@@H]2c3ccccc3C[C@@H]2O)cc1NC(=O)c1csc2ccccc12. The summed E-state index contributed by atoms with van der Waals surface area (Å²) in [5.74, 6) is -0.262. The van der Waals surface area contributed by atoms with Crippen LogP contribution >= 0.6 is 11.3 Å². The minimum atomic E-state index is -0.715. The van der Waals surface area contributed by atoms with Crippen LogP contribution in [0.2, 0.25) is 0 Å². The van der Waals surface area contributed by atoms with E-state index in [1.165, 1.54) is 17.5 Å². The van der Waals surface area contributed by atoms with Gasteiger partial charge in [-0.3, -0.25) is 9.59 Å². The topological polar surface area (TPSA) is 103 Å². The number of amides is 2. The molecule has 0 saturated heterocycles. The number of aryl methyl sites for hydroxylation is 1. The number of anilines is 3. The van der Waals surface area contributed by atoms with Crippen LogP contribution in [0.3, 0.4) is 0 Å². The lowest BCUT2D eigenvalue weighted by Crippen LogP contribution is -2.34. The Balaban J connectivity index is 1.32. The normalized spacial score (nSPS) is 16.1. The van der Waals surface area contributed by atoms with E-state index in [1.54, 1.807) is 6.07 Å². The van der Waals surface area contributed by atoms with Gasteiger partial charge in [0.1, 0.15) is 0 Å². The maximum Gasteiger partial charge on any atom is 0.257 e. The van der Waals surface area contributed by atoms with E-state index in [9.17, 15) is 14.7 Å². The van der Waals surface area contributed by atoms with Gasteiger partial charge in [0, 0.05) is 33.8 Å². The molecule has 1 aliphatic carbocycles. The van der Waals surface area contributed by atoms with E-state index in [0.29, 0.717) is 23.5 Å². The highest BCUT2D eigenvalue weighted by atomic mass is 32.1. The first-order chi connectivity index (χ1) is 19.0. The highest BCUT2D eigenvalue weighted by Crippen LogP contribution is 2.33. The molecule has 0 aliphatic heterocycles. The lowest BCUT2D eigenvalue weighted by molar-refractivity contribution is 0.0857. The number of benzene rings is 3. The molecule has 0 fully saturated rings. The van der Waals surface area contributed by atoms with E-state index in [4.69, 9.17) is 0 Å². The van der Waals surface area contributed by atoms with Crippen LogP contribution in [0.1, 0.15) is 43.4 Å². The van der Waals surface area contributed by atoms with Gasteiger partial charge in [-0.05, 0) is 41.8 Å². The molecule has 2 amide bonds. The van der Waals surface area contributed by atoms with Crippen molar-refractivity contribution in [3.63, 3.8) is 0 Å². The van der Waals surface area contributed by atoms with Gasteiger partial charge in [-0.1, -0.05) is 60.7 Å². The number of nitrogens with zero attached hydrogens (tertiary/aromatic N) is 1. The molecule has 5 aromatic rings. The molecule has 1 aliphatic rings. The first kappa shape index (κ1) is 24.8. The minimum absolute atomic E-state index is 0.271. The molecule has 2 aromatic heterocycles. The fourth-order valence-corrected chi connectivity index (χ4v) is 5.88. The van der Waals surface area contributed by atoms with Crippen molar-refractivity contribution in [2.24, 2.45) is 0 Å². The van der Waals surface area contributed by atoms with Crippen LogP contribution in [0.15, 0.2) is 90.4 Å². The number of rotatable bonds is 6. The molecule has 0 radical (unpaired) electrons. The smallest absolute Gasteiger partial charge is 0.257 e. The standard InChI is InChI=1S/C31H26N4O3S/c1-18-8-2-6-12-24(18)33-29-25(34-31(38)23-17-39-27-13-7-5-11-22(23)27)14-20(16-32-29)30(37)35-28-21-10-4-3-9-19(21)15-26(28)36/h2-14,16-17,26,28,36H,15H2,1H3,(H,32,33)(H,34,38)(H,35,37)/t26-,28+/m0/s1. The number of aliphatic hydroxyl groups is 1. The average Bonchev–Trinajstić information content (AvgIpc) is 3.51. The molecule has 2 heterocycles. The molecule has 0 unspecified atom stereocenters. The molecule has 7 nitrogen and oxygen atoms in total. The zero-order valence-corrected chi connectivity index (χ0v) is 22.0. The Morgan fingerprint density at radius 2 is 1.72 bits per heavy atom. The molecular formula is C31H26N4O3S. The molecule has 4 N–H and O–H groups in total. The summed E-state index contributed by atoms with van der Waals surface area (Å²) in [5, 5.41) is 22.5. The summed E-state index contributed by atoms with van der Waals surface area (Å²) in [6, 6.07) is 24.3. The molecule has 2 atom stereocenters. The van der Waals surface area contributed by atoms with Gasteiger partial charge in [0.05, 0.1) is 29.0 Å². The number of nitrogens with one attached hydrogen (secondary N) is 3. The van der Waals surface area contributed by atoms with Crippen LogP contribution in [0, 0.1) is 6.92 Å². The molecule has 0 bridgehead atoms. The molecule has 8 heteroatoms. The van der Waals surface area contributed by atoms with E-state index in [0.717, 1.165) is 32.5 Å². The maximum absolute atomic E-state index is 13.4. The highest BCUT2D eigenvalue weighted by Gasteiger charge is 2.32. The Bertz CT molecular complexity index is 1710. The van der Waals surface area contributed by atoms with Gasteiger partial charge in [-0.2, -0.15) is 0 Å². The van der Waals surface area contributed by atoms with Crippen molar-refractivity contribution in [3.8, 4) is 0 Å². The van der Waals surface area contributed by atoms with Crippen LogP contribution in [0.5, 0.6) is 0 Å². The monoisotopic (exact) mass is 534 g/mol. The third-order valence-corrected chi connectivity index (χ3v) is 7.98. The number of carbonyl (C=O) groups is 2. The van der Waals surface area contributed by atoms with Crippen LogP contribution in [-0.4, -0.2) is 28.0 Å². The van der Waals surface area contributed by atoms with Gasteiger partial charge in [0.25, 0.3) is 11.8 Å². The lowest BCUT2D eigenvalue weighted by atomic mass is 10.1. The second kappa shape index (κ2) is 10.3. The maximum atomic E-state index is 13.4. The third kappa shape index (κ3) is 4.87. The molecule has 0 spiro atoms. The Labute approximate surface area is 229 Å². The molecular weight excluding hydrogens is 508 g/mol. The summed E-state index contributed by atoms with van der Waals surface area (Å²) >= 11 is 1.50. The van der Waals surface area contributed by atoms with Gasteiger partial charge in [0.15, 0.2) is 5.82 Å². The van der Waals surface area contributed by atoms with Crippen LogP contribution < -0.4 is 16.0 Å². The number of hydrogen-bond donors (Lipinski definition) is 4. The van der Waals surface area contributed by atoms with Crippen molar-refractivity contribution in [1.29, 1.82) is 0 Å². The molecule has 6 rings (SSSR count). The molecule has 39 heavy (non-hydrogen) atoms. The van der Waals surface area contributed by atoms with E-state index in [-0.39, 0.29) is 17.4 Å². The first-order valence-electron chi connectivity index (χ1n) is 12.6.